The Kier molecular flexibility index (Phi) is 11.2. The Balaban J connectivity index is 1.73. The Morgan fingerprint density at radius 3 is 2.68 bits per heavy atom. The van der Waals surface area contributed by atoms with E-state index in [1.165, 1.54) is 20.4 Å². The molecule has 0 spiro atoms. The fourth-order valence-corrected chi connectivity index (χ4v) is 4.36. The molecule has 0 bridgehead atoms. The zero-order valence-corrected chi connectivity index (χ0v) is 24.4. The third kappa shape index (κ3) is 8.03. The van der Waals surface area contributed by atoms with E-state index in [-0.39, 0.29) is 18.8 Å². The molecule has 0 saturated carbocycles. The Hall–Kier alpha value is -4.48. The molecule has 2 aromatic carbocycles. The summed E-state index contributed by atoms with van der Waals surface area (Å²) in [6.45, 7) is 3.33. The predicted molar refractivity (Wildman–Crippen MR) is 151 cm³/mol. The highest BCUT2D eigenvalue weighted by Crippen LogP contribution is 2.35. The summed E-state index contributed by atoms with van der Waals surface area (Å²) < 4.78 is 27.9. The molecule has 3 rings (SSSR count). The molecule has 0 unspecified atom stereocenters. The molecular weight excluding hydrogens is 602 g/mol. The van der Waals surface area contributed by atoms with Crippen molar-refractivity contribution < 1.29 is 38.4 Å². The number of aliphatic hydroxyl groups is 1. The highest BCUT2D eigenvalue weighted by Gasteiger charge is 2.32. The molecule has 1 heterocycles. The van der Waals surface area contributed by atoms with Crippen LogP contribution in [0.25, 0.3) is 0 Å². The van der Waals surface area contributed by atoms with Crippen molar-refractivity contribution in [2.45, 2.75) is 26.1 Å². The van der Waals surface area contributed by atoms with Crippen LogP contribution in [-0.4, -0.2) is 63.6 Å². The van der Waals surface area contributed by atoms with Gasteiger partial charge >= 0.3 is 12.0 Å². The van der Waals surface area contributed by atoms with Crippen molar-refractivity contribution in [3.05, 3.63) is 57.2 Å². The van der Waals surface area contributed by atoms with Crippen LogP contribution in [0.1, 0.15) is 31.0 Å². The van der Waals surface area contributed by atoms with Crippen LogP contribution in [0, 0.1) is 11.3 Å². The van der Waals surface area contributed by atoms with Crippen LogP contribution in [0.4, 0.5) is 4.79 Å². The Labute approximate surface area is 245 Å². The largest absolute Gasteiger partial charge is 0.493 e. The molecule has 0 aliphatic carbocycles. The lowest BCUT2D eigenvalue weighted by Gasteiger charge is -2.28. The first-order valence-corrected chi connectivity index (χ1v) is 13.1. The summed E-state index contributed by atoms with van der Waals surface area (Å²) in [6, 6.07) is 9.00. The van der Waals surface area contributed by atoms with E-state index < -0.39 is 24.3 Å². The summed E-state index contributed by atoms with van der Waals surface area (Å²) in [5, 5.41) is 28.6. The number of halogens is 1. The zero-order valence-electron chi connectivity index (χ0n) is 22.8. The van der Waals surface area contributed by atoms with Crippen molar-refractivity contribution in [1.82, 2.24) is 16.1 Å². The molecule has 1 aliphatic heterocycles. The summed E-state index contributed by atoms with van der Waals surface area (Å²) >= 11 is 3.38. The molecule has 41 heavy (non-hydrogen) atoms. The van der Waals surface area contributed by atoms with Crippen LogP contribution in [0.2, 0.25) is 0 Å². The summed E-state index contributed by atoms with van der Waals surface area (Å²) in [5.74, 6) is 0.805. The van der Waals surface area contributed by atoms with E-state index in [0.29, 0.717) is 50.9 Å². The van der Waals surface area contributed by atoms with E-state index in [1.54, 1.807) is 44.2 Å². The van der Waals surface area contributed by atoms with Crippen LogP contribution >= 0.6 is 15.9 Å². The number of ether oxygens (including phenoxy) is 5. The second kappa shape index (κ2) is 14.8. The van der Waals surface area contributed by atoms with Gasteiger partial charge in [0.25, 0.3) is 0 Å². The van der Waals surface area contributed by atoms with Gasteiger partial charge < -0.3 is 39.4 Å². The minimum Gasteiger partial charge on any atom is -0.493 e. The molecule has 218 valence electrons. The van der Waals surface area contributed by atoms with E-state index in [2.05, 4.69) is 37.1 Å². The average Bonchev–Trinajstić information content (AvgIpc) is 2.95. The molecule has 0 radical (unpaired) electrons. The molecular formula is C27H30BrN5O8. The van der Waals surface area contributed by atoms with E-state index >= 15 is 0 Å². The van der Waals surface area contributed by atoms with Crippen molar-refractivity contribution in [2.24, 2.45) is 5.10 Å². The smallest absolute Gasteiger partial charge is 0.337 e. The van der Waals surface area contributed by atoms with Crippen LogP contribution in [0.5, 0.6) is 23.0 Å². The molecule has 2 atom stereocenters. The predicted octanol–water partition coefficient (Wildman–Crippen LogP) is 2.88. The number of methoxy groups -OCH3 is 2. The van der Waals surface area contributed by atoms with Gasteiger partial charge in [0.2, 0.25) is 0 Å². The second-order valence-electron chi connectivity index (χ2n) is 8.39. The fraction of sp³-hybridized carbons (Fsp3) is 0.333. The molecule has 4 N–H and O–H groups in total. The number of amides is 2. The van der Waals surface area contributed by atoms with Crippen LogP contribution in [-0.2, 0) is 9.53 Å². The molecule has 13 nitrogen and oxygen atoms in total. The van der Waals surface area contributed by atoms with Gasteiger partial charge in [-0.05, 0) is 43.7 Å². The lowest BCUT2D eigenvalue weighted by atomic mass is 9.95. The lowest BCUT2D eigenvalue weighted by Crippen LogP contribution is -2.45. The number of esters is 1. The van der Waals surface area contributed by atoms with Gasteiger partial charge in [-0.25, -0.2) is 9.59 Å². The molecule has 0 saturated heterocycles. The van der Waals surface area contributed by atoms with E-state index in [0.717, 1.165) is 0 Å². The number of rotatable bonds is 13. The fourth-order valence-electron chi connectivity index (χ4n) is 3.91. The normalized spacial score (nSPS) is 15.3. The van der Waals surface area contributed by atoms with Gasteiger partial charge in [0.1, 0.15) is 12.7 Å². The van der Waals surface area contributed by atoms with Gasteiger partial charge in [0, 0.05) is 15.7 Å². The maximum absolute atomic E-state index is 12.4. The third-order valence-corrected chi connectivity index (χ3v) is 6.11. The highest BCUT2D eigenvalue weighted by molar-refractivity contribution is 9.10. The number of nitrogens with zero attached hydrogens (tertiary/aromatic N) is 2. The van der Waals surface area contributed by atoms with Gasteiger partial charge in [-0.3, -0.25) is 5.43 Å². The van der Waals surface area contributed by atoms with Gasteiger partial charge in [-0.2, -0.15) is 10.4 Å². The standard InChI is InChI=1S/C27H30BrN5O8/c1-5-39-20-11-16(24-23(26(35)38-4)15(2)31-27(36)32-24)6-7-19(20)41-14-22(34)33-30-13-17-10-18(28)12-21(37-3)25(17)40-9-8-29/h6-7,10-13,22,24,33-34H,5,9,14H2,1-4H3,(H2,31,32,36)/b30-13+/t22-,24+/m1/s1. The Morgan fingerprint density at radius 2 is 2.00 bits per heavy atom. The van der Waals surface area contributed by atoms with Gasteiger partial charge in [-0.1, -0.05) is 22.0 Å². The average molecular weight is 632 g/mol. The summed E-state index contributed by atoms with van der Waals surface area (Å²) in [4.78, 5) is 24.5. The van der Waals surface area contributed by atoms with Crippen LogP contribution in [0.3, 0.4) is 0 Å². The number of benzene rings is 2. The maximum Gasteiger partial charge on any atom is 0.337 e. The minimum absolute atomic E-state index is 0.187. The first-order chi connectivity index (χ1) is 19.7. The first kappa shape index (κ1) is 31.1. The number of nitrogens with one attached hydrogen (secondary N) is 3. The number of nitriles is 1. The van der Waals surface area contributed by atoms with Crippen molar-refractivity contribution >= 4 is 34.1 Å². The third-order valence-electron chi connectivity index (χ3n) is 5.65. The number of urea groups is 1. The molecule has 0 fully saturated rings. The number of carbonyl (C=O) groups excluding carboxylic acids is 2. The Bertz CT molecular complexity index is 1370. The van der Waals surface area contributed by atoms with Crippen molar-refractivity contribution in [2.75, 3.05) is 34.0 Å². The monoisotopic (exact) mass is 631 g/mol. The molecule has 0 aromatic heterocycles. The number of hydrogen-bond donors (Lipinski definition) is 4. The number of hydrazone groups is 1. The molecule has 14 heteroatoms. The Morgan fingerprint density at radius 1 is 1.22 bits per heavy atom. The lowest BCUT2D eigenvalue weighted by molar-refractivity contribution is -0.136. The van der Waals surface area contributed by atoms with E-state index in [9.17, 15) is 14.7 Å². The van der Waals surface area contributed by atoms with Crippen LogP contribution in [0.15, 0.2) is 51.2 Å². The van der Waals surface area contributed by atoms with E-state index in [4.69, 9.17) is 28.9 Å². The number of aliphatic hydroxyl groups excluding tert-OH is 1. The number of carbonyl (C=O) groups is 2. The summed E-state index contributed by atoms with van der Waals surface area (Å²) in [5.41, 5.74) is 4.26. The SMILES string of the molecule is CCOc1cc([C@@H]2NC(=O)NC(C)=C2C(=O)OC)ccc1OC[C@@H](O)N/N=C/c1cc(Br)cc(OC)c1OCC#N. The topological polar surface area (TPSA) is 173 Å². The highest BCUT2D eigenvalue weighted by atomic mass is 79.9. The van der Waals surface area contributed by atoms with Gasteiger partial charge in [0.05, 0.1) is 38.7 Å². The van der Waals surface area contributed by atoms with E-state index in [1.807, 2.05) is 6.07 Å². The van der Waals surface area contributed by atoms with Gasteiger partial charge in [0.15, 0.2) is 35.8 Å². The zero-order chi connectivity index (χ0) is 29.9. The number of hydrogen-bond acceptors (Lipinski definition) is 11. The maximum atomic E-state index is 12.4. The minimum atomic E-state index is -1.21. The first-order valence-electron chi connectivity index (χ1n) is 12.3. The van der Waals surface area contributed by atoms with Crippen LogP contribution < -0.4 is 35.0 Å². The second-order valence-corrected chi connectivity index (χ2v) is 9.30. The van der Waals surface area contributed by atoms with Crippen molar-refractivity contribution in [1.29, 1.82) is 5.26 Å². The quantitative estimate of drug-likeness (QED) is 0.111. The van der Waals surface area contributed by atoms with Crippen molar-refractivity contribution in [3.8, 4) is 29.1 Å². The summed E-state index contributed by atoms with van der Waals surface area (Å²) in [6.07, 6.45) is 0.198. The van der Waals surface area contributed by atoms with Crippen molar-refractivity contribution in [3.63, 3.8) is 0 Å². The van der Waals surface area contributed by atoms with Gasteiger partial charge in [-0.15, -0.1) is 0 Å². The summed E-state index contributed by atoms with van der Waals surface area (Å²) in [7, 11) is 2.74. The number of allylic oxidation sites excluding steroid dienone is 1. The molecule has 1 aliphatic rings. The molecule has 2 amide bonds. The molecule has 2 aromatic rings.